The lowest BCUT2D eigenvalue weighted by Gasteiger charge is -2.05. The summed E-state index contributed by atoms with van der Waals surface area (Å²) in [5.41, 5.74) is 0.945. The summed E-state index contributed by atoms with van der Waals surface area (Å²) in [5.74, 6) is 0.619. The summed E-state index contributed by atoms with van der Waals surface area (Å²) in [6.07, 6.45) is 0.493. The molecule has 0 amide bonds. The molecule has 1 aliphatic heterocycles. The first-order chi connectivity index (χ1) is 7.16. The Morgan fingerprint density at radius 2 is 2.20 bits per heavy atom. The number of hydrogen-bond donors (Lipinski definition) is 1. The van der Waals surface area contributed by atoms with Crippen molar-refractivity contribution in [3.63, 3.8) is 0 Å². The van der Waals surface area contributed by atoms with Gasteiger partial charge in [0.15, 0.2) is 11.5 Å². The van der Waals surface area contributed by atoms with Crippen LogP contribution in [0.3, 0.4) is 0 Å². The molecule has 0 saturated heterocycles. The van der Waals surface area contributed by atoms with Gasteiger partial charge in [-0.15, -0.1) is 0 Å². The first kappa shape index (κ1) is 10.5. The van der Waals surface area contributed by atoms with E-state index in [1.54, 1.807) is 0 Å². The molecule has 2 rings (SSSR count). The van der Waals surface area contributed by atoms with Crippen LogP contribution in [-0.2, 0) is 11.2 Å². The van der Waals surface area contributed by atoms with Crippen LogP contribution in [0.4, 0.5) is 0 Å². The van der Waals surface area contributed by atoms with E-state index in [1.165, 1.54) is 0 Å². The molecular formula is C10H9IO4. The second-order valence-electron chi connectivity index (χ2n) is 3.20. The van der Waals surface area contributed by atoms with E-state index in [1.807, 2.05) is 40.8 Å². The lowest BCUT2D eigenvalue weighted by molar-refractivity contribution is -0.135. The molecular weight excluding hydrogens is 311 g/mol. The van der Waals surface area contributed by atoms with Crippen LogP contribution in [0.5, 0.6) is 11.5 Å². The number of carboxylic acid groups (broad SMARTS) is 1. The molecule has 1 aromatic carbocycles. The fourth-order valence-corrected chi connectivity index (χ4v) is 1.87. The summed E-state index contributed by atoms with van der Waals surface area (Å²) in [7, 11) is 0. The number of ether oxygens (including phenoxy) is 2. The van der Waals surface area contributed by atoms with Crippen molar-refractivity contribution in [1.29, 1.82) is 0 Å². The molecule has 1 aromatic rings. The minimum Gasteiger partial charge on any atom is -0.480 e. The zero-order valence-electron chi connectivity index (χ0n) is 7.77. The van der Waals surface area contributed by atoms with Gasteiger partial charge in [0.2, 0.25) is 6.79 Å². The molecule has 1 N–H and O–H groups in total. The molecule has 15 heavy (non-hydrogen) atoms. The molecule has 1 aliphatic rings. The van der Waals surface area contributed by atoms with Gasteiger partial charge >= 0.3 is 5.97 Å². The van der Waals surface area contributed by atoms with E-state index < -0.39 is 9.89 Å². The normalized spacial score (nSPS) is 15.0. The van der Waals surface area contributed by atoms with Crippen molar-refractivity contribution in [2.75, 3.05) is 6.79 Å². The average Bonchev–Trinajstić information content (AvgIpc) is 2.64. The Labute approximate surface area is 100 Å². The average molecular weight is 320 g/mol. The predicted molar refractivity (Wildman–Crippen MR) is 61.7 cm³/mol. The van der Waals surface area contributed by atoms with E-state index in [2.05, 4.69) is 0 Å². The standard InChI is InChI=1S/C10H9IO4/c11-7(10(12)13)3-6-1-2-8-9(4-6)15-5-14-8/h1-2,4,7H,3,5H2,(H,12,13). The smallest absolute Gasteiger partial charge is 0.316 e. The highest BCUT2D eigenvalue weighted by molar-refractivity contribution is 14.1. The monoisotopic (exact) mass is 320 g/mol. The van der Waals surface area contributed by atoms with Gasteiger partial charge in [-0.2, -0.15) is 0 Å². The molecule has 1 heterocycles. The fourth-order valence-electron chi connectivity index (χ4n) is 1.36. The maximum Gasteiger partial charge on any atom is 0.316 e. The van der Waals surface area contributed by atoms with Gasteiger partial charge < -0.3 is 14.6 Å². The Bertz CT molecular complexity index is 391. The van der Waals surface area contributed by atoms with Crippen LogP contribution in [0.1, 0.15) is 5.56 Å². The number of carbonyl (C=O) groups is 1. The first-order valence-corrected chi connectivity index (χ1v) is 5.67. The molecule has 5 heteroatoms. The highest BCUT2D eigenvalue weighted by Gasteiger charge is 2.17. The Morgan fingerprint density at radius 3 is 2.93 bits per heavy atom. The van der Waals surface area contributed by atoms with Crippen molar-refractivity contribution < 1.29 is 19.4 Å². The van der Waals surface area contributed by atoms with Gasteiger partial charge in [0.25, 0.3) is 0 Å². The van der Waals surface area contributed by atoms with Crippen molar-refractivity contribution in [3.8, 4) is 11.5 Å². The van der Waals surface area contributed by atoms with Gasteiger partial charge in [0, 0.05) is 0 Å². The Kier molecular flexibility index (Phi) is 2.99. The fraction of sp³-hybridized carbons (Fsp3) is 0.300. The van der Waals surface area contributed by atoms with Crippen molar-refractivity contribution in [2.45, 2.75) is 10.3 Å². The third kappa shape index (κ3) is 2.34. The zero-order chi connectivity index (χ0) is 10.8. The number of carboxylic acids is 1. The number of hydrogen-bond acceptors (Lipinski definition) is 3. The molecule has 0 saturated carbocycles. The van der Waals surface area contributed by atoms with Crippen LogP contribution in [0.15, 0.2) is 18.2 Å². The number of alkyl halides is 1. The predicted octanol–water partition coefficient (Wildman–Crippen LogP) is 1.85. The zero-order valence-corrected chi connectivity index (χ0v) is 9.93. The van der Waals surface area contributed by atoms with Crippen molar-refractivity contribution in [1.82, 2.24) is 0 Å². The van der Waals surface area contributed by atoms with Gasteiger partial charge in [0.1, 0.15) is 3.92 Å². The Morgan fingerprint density at radius 1 is 1.47 bits per heavy atom. The highest BCUT2D eigenvalue weighted by atomic mass is 127. The maximum absolute atomic E-state index is 10.7. The molecule has 0 fully saturated rings. The third-order valence-corrected chi connectivity index (χ3v) is 3.09. The number of benzene rings is 1. The van der Waals surface area contributed by atoms with Crippen LogP contribution < -0.4 is 9.47 Å². The molecule has 0 aliphatic carbocycles. The molecule has 0 radical (unpaired) electrons. The van der Waals surface area contributed by atoms with Gasteiger partial charge in [-0.3, -0.25) is 4.79 Å². The largest absolute Gasteiger partial charge is 0.480 e. The number of aliphatic carboxylic acids is 1. The summed E-state index contributed by atoms with van der Waals surface area (Å²) in [6.45, 7) is 0.241. The molecule has 0 aromatic heterocycles. The molecule has 0 spiro atoms. The number of halogens is 1. The third-order valence-electron chi connectivity index (χ3n) is 2.12. The number of rotatable bonds is 3. The van der Waals surface area contributed by atoms with Crippen molar-refractivity contribution in [3.05, 3.63) is 23.8 Å². The minimum absolute atomic E-state index is 0.241. The summed E-state index contributed by atoms with van der Waals surface area (Å²) in [4.78, 5) is 10.7. The van der Waals surface area contributed by atoms with Gasteiger partial charge in [-0.1, -0.05) is 28.7 Å². The SMILES string of the molecule is O=C(O)C(I)Cc1ccc2c(c1)OCO2. The topological polar surface area (TPSA) is 55.8 Å². The van der Waals surface area contributed by atoms with Crippen LogP contribution in [0.25, 0.3) is 0 Å². The van der Waals surface area contributed by atoms with E-state index in [4.69, 9.17) is 14.6 Å². The lowest BCUT2D eigenvalue weighted by atomic mass is 10.1. The minimum atomic E-state index is -0.798. The first-order valence-electron chi connectivity index (χ1n) is 4.42. The second kappa shape index (κ2) is 4.26. The molecule has 1 atom stereocenters. The van der Waals surface area contributed by atoms with E-state index in [-0.39, 0.29) is 6.79 Å². The second-order valence-corrected chi connectivity index (χ2v) is 4.70. The lowest BCUT2D eigenvalue weighted by Crippen LogP contribution is -2.15. The van der Waals surface area contributed by atoms with Crippen molar-refractivity contribution in [2.24, 2.45) is 0 Å². The highest BCUT2D eigenvalue weighted by Crippen LogP contribution is 2.33. The van der Waals surface area contributed by atoms with E-state index >= 15 is 0 Å². The summed E-state index contributed by atoms with van der Waals surface area (Å²) >= 11 is 1.91. The summed E-state index contributed by atoms with van der Waals surface area (Å²) in [5, 5.41) is 8.77. The molecule has 0 bridgehead atoms. The summed E-state index contributed by atoms with van der Waals surface area (Å²) in [6, 6.07) is 5.50. The Balaban J connectivity index is 2.13. The van der Waals surface area contributed by atoms with E-state index in [0.29, 0.717) is 12.2 Å². The molecule has 80 valence electrons. The van der Waals surface area contributed by atoms with Gasteiger partial charge in [0.05, 0.1) is 0 Å². The van der Waals surface area contributed by atoms with E-state index in [0.717, 1.165) is 11.3 Å². The van der Waals surface area contributed by atoms with Gasteiger partial charge in [-0.05, 0) is 24.1 Å². The van der Waals surface area contributed by atoms with E-state index in [9.17, 15) is 4.79 Å². The Hall–Kier alpha value is -0.980. The quantitative estimate of drug-likeness (QED) is 0.682. The number of fused-ring (bicyclic) bond motifs is 1. The van der Waals surface area contributed by atoms with Crippen LogP contribution in [0, 0.1) is 0 Å². The van der Waals surface area contributed by atoms with Crippen LogP contribution >= 0.6 is 22.6 Å². The summed E-state index contributed by atoms with van der Waals surface area (Å²) < 4.78 is 9.96. The van der Waals surface area contributed by atoms with Gasteiger partial charge in [-0.25, -0.2) is 0 Å². The van der Waals surface area contributed by atoms with Crippen molar-refractivity contribution >= 4 is 28.6 Å². The van der Waals surface area contributed by atoms with Crippen LogP contribution in [0.2, 0.25) is 0 Å². The molecule has 4 nitrogen and oxygen atoms in total. The molecule has 1 unspecified atom stereocenters. The maximum atomic E-state index is 10.7. The van der Waals surface area contributed by atoms with Crippen LogP contribution in [-0.4, -0.2) is 21.8 Å².